The number of rotatable bonds is 5. The second-order valence-corrected chi connectivity index (χ2v) is 4.22. The van der Waals surface area contributed by atoms with Gasteiger partial charge in [0.1, 0.15) is 11.5 Å². The summed E-state index contributed by atoms with van der Waals surface area (Å²) in [6, 6.07) is 9.83. The molecule has 100 valence electrons. The maximum absolute atomic E-state index is 5.37. The van der Waals surface area contributed by atoms with Crippen molar-refractivity contribution in [1.82, 2.24) is 4.98 Å². The van der Waals surface area contributed by atoms with E-state index in [2.05, 4.69) is 17.2 Å². The third-order valence-corrected chi connectivity index (χ3v) is 2.97. The van der Waals surface area contributed by atoms with Gasteiger partial charge in [-0.15, -0.1) is 0 Å². The second-order valence-electron chi connectivity index (χ2n) is 4.22. The predicted molar refractivity (Wildman–Crippen MR) is 75.8 cm³/mol. The zero-order valence-electron chi connectivity index (χ0n) is 11.4. The molecule has 0 spiro atoms. The molecule has 0 aliphatic rings. The molecule has 0 amide bonds. The lowest BCUT2D eigenvalue weighted by Gasteiger charge is -2.18. The van der Waals surface area contributed by atoms with E-state index >= 15 is 0 Å². The van der Waals surface area contributed by atoms with Gasteiger partial charge in [0.2, 0.25) is 0 Å². The number of anilines is 1. The summed E-state index contributed by atoms with van der Waals surface area (Å²) < 4.78 is 10.5. The predicted octanol–water partition coefficient (Wildman–Crippen LogP) is 3.27. The molecule has 4 heteroatoms. The minimum atomic E-state index is 0.149. The summed E-state index contributed by atoms with van der Waals surface area (Å²) in [5, 5.41) is 3.41. The third-order valence-electron chi connectivity index (χ3n) is 2.97. The molecule has 0 saturated carbocycles. The Morgan fingerprint density at radius 3 is 2.63 bits per heavy atom. The highest BCUT2D eigenvalue weighted by atomic mass is 16.5. The molecular formula is C15H18N2O2. The minimum absolute atomic E-state index is 0.149. The number of benzene rings is 1. The zero-order valence-corrected chi connectivity index (χ0v) is 11.4. The average Bonchev–Trinajstić information content (AvgIpc) is 2.48. The van der Waals surface area contributed by atoms with Crippen LogP contribution in [0.1, 0.15) is 18.5 Å². The van der Waals surface area contributed by atoms with Gasteiger partial charge in [-0.1, -0.05) is 6.07 Å². The Bertz CT molecular complexity index is 529. The lowest BCUT2D eigenvalue weighted by atomic mass is 10.1. The Balaban J connectivity index is 2.19. The molecule has 2 aromatic rings. The third kappa shape index (κ3) is 3.16. The van der Waals surface area contributed by atoms with Crippen molar-refractivity contribution in [2.24, 2.45) is 0 Å². The van der Waals surface area contributed by atoms with E-state index in [1.165, 1.54) is 0 Å². The van der Waals surface area contributed by atoms with E-state index in [9.17, 15) is 0 Å². The fourth-order valence-corrected chi connectivity index (χ4v) is 1.87. The number of nitrogens with zero attached hydrogens (tertiary/aromatic N) is 1. The first-order valence-electron chi connectivity index (χ1n) is 6.13. The van der Waals surface area contributed by atoms with Crippen LogP contribution < -0.4 is 14.8 Å². The van der Waals surface area contributed by atoms with Crippen LogP contribution in [0, 0.1) is 0 Å². The van der Waals surface area contributed by atoms with Crippen molar-refractivity contribution in [3.8, 4) is 11.5 Å². The fourth-order valence-electron chi connectivity index (χ4n) is 1.87. The van der Waals surface area contributed by atoms with Gasteiger partial charge in [-0.2, -0.15) is 0 Å². The molecule has 0 aliphatic carbocycles. The maximum atomic E-state index is 5.37. The van der Waals surface area contributed by atoms with E-state index in [1.807, 2.05) is 36.5 Å². The van der Waals surface area contributed by atoms with E-state index in [0.29, 0.717) is 0 Å². The van der Waals surface area contributed by atoms with Crippen LogP contribution in [0.5, 0.6) is 11.5 Å². The van der Waals surface area contributed by atoms with Crippen molar-refractivity contribution in [3.63, 3.8) is 0 Å². The van der Waals surface area contributed by atoms with Gasteiger partial charge in [0.15, 0.2) is 0 Å². The molecule has 0 radical (unpaired) electrons. The quantitative estimate of drug-likeness (QED) is 0.893. The number of aromatic nitrogens is 1. The second kappa shape index (κ2) is 6.09. The first-order valence-corrected chi connectivity index (χ1v) is 6.13. The molecule has 1 aromatic carbocycles. The average molecular weight is 258 g/mol. The molecule has 1 aromatic heterocycles. The van der Waals surface area contributed by atoms with Crippen LogP contribution in [0.4, 0.5) is 5.69 Å². The zero-order chi connectivity index (χ0) is 13.7. The number of hydrogen-bond donors (Lipinski definition) is 1. The molecule has 0 fully saturated rings. The highest BCUT2D eigenvalue weighted by Crippen LogP contribution is 2.31. The van der Waals surface area contributed by atoms with Gasteiger partial charge in [-0.05, 0) is 30.7 Å². The van der Waals surface area contributed by atoms with Crippen LogP contribution in [-0.4, -0.2) is 19.2 Å². The highest BCUT2D eigenvalue weighted by Gasteiger charge is 2.09. The van der Waals surface area contributed by atoms with Crippen LogP contribution in [0.15, 0.2) is 42.7 Å². The van der Waals surface area contributed by atoms with Crippen LogP contribution >= 0.6 is 0 Å². The highest BCUT2D eigenvalue weighted by molar-refractivity contribution is 5.60. The van der Waals surface area contributed by atoms with E-state index in [0.717, 1.165) is 22.7 Å². The summed E-state index contributed by atoms with van der Waals surface area (Å²) in [6.45, 7) is 2.08. The molecule has 0 saturated heterocycles. The first kappa shape index (κ1) is 13.2. The monoisotopic (exact) mass is 258 g/mol. The Hall–Kier alpha value is -2.23. The molecule has 1 heterocycles. The molecule has 0 aliphatic heterocycles. The van der Waals surface area contributed by atoms with E-state index in [1.54, 1.807) is 20.4 Å². The molecule has 1 unspecified atom stereocenters. The van der Waals surface area contributed by atoms with Gasteiger partial charge in [-0.25, -0.2) is 0 Å². The molecule has 0 bridgehead atoms. The summed E-state index contributed by atoms with van der Waals surface area (Å²) in [5.41, 5.74) is 2.06. The van der Waals surface area contributed by atoms with Gasteiger partial charge in [0, 0.05) is 18.5 Å². The lowest BCUT2D eigenvalue weighted by Crippen LogP contribution is -2.07. The van der Waals surface area contributed by atoms with Crippen molar-refractivity contribution in [2.75, 3.05) is 19.5 Å². The Morgan fingerprint density at radius 2 is 2.00 bits per heavy atom. The normalized spacial score (nSPS) is 11.7. The molecular weight excluding hydrogens is 240 g/mol. The summed E-state index contributed by atoms with van der Waals surface area (Å²) in [4.78, 5) is 4.13. The number of methoxy groups -OCH3 is 2. The van der Waals surface area contributed by atoms with Crippen LogP contribution in [0.3, 0.4) is 0 Å². The van der Waals surface area contributed by atoms with Gasteiger partial charge >= 0.3 is 0 Å². The summed E-state index contributed by atoms with van der Waals surface area (Å²) in [5.74, 6) is 1.53. The Morgan fingerprint density at radius 1 is 1.16 bits per heavy atom. The molecule has 1 atom stereocenters. The van der Waals surface area contributed by atoms with Crippen LogP contribution in [0.2, 0.25) is 0 Å². The largest absolute Gasteiger partial charge is 0.497 e. The van der Waals surface area contributed by atoms with Gasteiger partial charge < -0.3 is 14.8 Å². The van der Waals surface area contributed by atoms with Crippen molar-refractivity contribution in [1.29, 1.82) is 0 Å². The lowest BCUT2D eigenvalue weighted by molar-refractivity contribution is 0.395. The molecule has 4 nitrogen and oxygen atoms in total. The fraction of sp³-hybridized carbons (Fsp3) is 0.267. The smallest absolute Gasteiger partial charge is 0.145 e. The summed E-state index contributed by atoms with van der Waals surface area (Å²) >= 11 is 0. The number of nitrogens with one attached hydrogen (secondary N) is 1. The van der Waals surface area contributed by atoms with E-state index in [-0.39, 0.29) is 6.04 Å². The van der Waals surface area contributed by atoms with Gasteiger partial charge in [-0.3, -0.25) is 4.98 Å². The van der Waals surface area contributed by atoms with Crippen LogP contribution in [-0.2, 0) is 0 Å². The Labute approximate surface area is 113 Å². The molecule has 19 heavy (non-hydrogen) atoms. The van der Waals surface area contributed by atoms with E-state index < -0.39 is 0 Å². The number of ether oxygens (including phenoxy) is 2. The van der Waals surface area contributed by atoms with Crippen molar-refractivity contribution in [3.05, 3.63) is 48.3 Å². The minimum Gasteiger partial charge on any atom is -0.497 e. The van der Waals surface area contributed by atoms with Crippen molar-refractivity contribution >= 4 is 5.69 Å². The molecule has 1 N–H and O–H groups in total. The van der Waals surface area contributed by atoms with Crippen molar-refractivity contribution in [2.45, 2.75) is 13.0 Å². The standard InChI is InChI=1S/C15H18N2O2/c1-11(12-5-4-8-16-10-12)17-14-7-6-13(18-2)9-15(14)19-3/h4-11,17H,1-3H3. The van der Waals surface area contributed by atoms with E-state index in [4.69, 9.17) is 9.47 Å². The molecule has 2 rings (SSSR count). The van der Waals surface area contributed by atoms with Crippen molar-refractivity contribution < 1.29 is 9.47 Å². The van der Waals surface area contributed by atoms with Gasteiger partial charge in [0.05, 0.1) is 25.9 Å². The topological polar surface area (TPSA) is 43.4 Å². The van der Waals surface area contributed by atoms with Gasteiger partial charge in [0.25, 0.3) is 0 Å². The maximum Gasteiger partial charge on any atom is 0.145 e. The summed E-state index contributed by atoms with van der Waals surface area (Å²) in [6.07, 6.45) is 3.62. The summed E-state index contributed by atoms with van der Waals surface area (Å²) in [7, 11) is 3.29. The Kier molecular flexibility index (Phi) is 4.23. The number of hydrogen-bond acceptors (Lipinski definition) is 4. The SMILES string of the molecule is COc1ccc(NC(C)c2cccnc2)c(OC)c1. The number of pyridine rings is 1. The first-order chi connectivity index (χ1) is 9.24. The van der Waals surface area contributed by atoms with Crippen LogP contribution in [0.25, 0.3) is 0 Å².